The Morgan fingerprint density at radius 2 is 1.81 bits per heavy atom. The van der Waals surface area contributed by atoms with Crippen LogP contribution in [0.2, 0.25) is 0 Å². The molecule has 0 unspecified atom stereocenters. The van der Waals surface area contributed by atoms with E-state index < -0.39 is 24.3 Å². The first kappa shape index (κ1) is 16.7. The molecule has 10 heteroatoms. The maximum atomic E-state index is 12.1. The Labute approximate surface area is 119 Å². The number of rotatable bonds is 6. The maximum absolute atomic E-state index is 12.1. The molecular formula is C11H15F3N6O. The molecule has 0 radical (unpaired) electrons. The zero-order valence-electron chi connectivity index (χ0n) is 11.7. The van der Waals surface area contributed by atoms with Crippen LogP contribution in [0.15, 0.2) is 0 Å². The Hall–Kier alpha value is -2.31. The summed E-state index contributed by atoms with van der Waals surface area (Å²) in [6.07, 6.45) is -4.50. The molecule has 0 saturated carbocycles. The number of ether oxygens (including phenoxy) is 1. The molecule has 21 heavy (non-hydrogen) atoms. The lowest BCUT2D eigenvalue weighted by Crippen LogP contribution is -2.30. The first-order valence-corrected chi connectivity index (χ1v) is 6.04. The SMILES string of the molecule is CCNc1nc(NC(C)(C)C#N)nc(OCC(F)(F)F)n1. The van der Waals surface area contributed by atoms with Gasteiger partial charge in [-0.2, -0.15) is 33.4 Å². The summed E-state index contributed by atoms with van der Waals surface area (Å²) < 4.78 is 40.9. The van der Waals surface area contributed by atoms with Crippen LogP contribution in [-0.2, 0) is 0 Å². The highest BCUT2D eigenvalue weighted by Crippen LogP contribution is 2.19. The minimum absolute atomic E-state index is 0.0512. The Bertz CT molecular complexity index is 526. The quantitative estimate of drug-likeness (QED) is 0.829. The molecule has 7 nitrogen and oxygen atoms in total. The third-order valence-corrected chi connectivity index (χ3v) is 2.02. The molecule has 0 aliphatic carbocycles. The van der Waals surface area contributed by atoms with E-state index in [2.05, 4.69) is 30.3 Å². The summed E-state index contributed by atoms with van der Waals surface area (Å²) in [6.45, 7) is 3.86. The van der Waals surface area contributed by atoms with Crippen LogP contribution < -0.4 is 15.4 Å². The molecule has 0 aliphatic heterocycles. The van der Waals surface area contributed by atoms with Crippen LogP contribution in [0.4, 0.5) is 25.1 Å². The van der Waals surface area contributed by atoms with Gasteiger partial charge in [-0.25, -0.2) is 0 Å². The minimum Gasteiger partial charge on any atom is -0.454 e. The fourth-order valence-corrected chi connectivity index (χ4v) is 1.17. The van der Waals surface area contributed by atoms with Gasteiger partial charge in [-0.15, -0.1) is 0 Å². The highest BCUT2D eigenvalue weighted by Gasteiger charge is 2.29. The summed E-state index contributed by atoms with van der Waals surface area (Å²) >= 11 is 0. The van der Waals surface area contributed by atoms with Gasteiger partial charge in [0.1, 0.15) is 5.54 Å². The van der Waals surface area contributed by atoms with Crippen molar-refractivity contribution in [3.8, 4) is 12.1 Å². The van der Waals surface area contributed by atoms with E-state index >= 15 is 0 Å². The molecule has 0 saturated heterocycles. The largest absolute Gasteiger partial charge is 0.454 e. The predicted molar refractivity (Wildman–Crippen MR) is 68.9 cm³/mol. The van der Waals surface area contributed by atoms with Crippen molar-refractivity contribution < 1.29 is 17.9 Å². The number of nitriles is 1. The second-order valence-corrected chi connectivity index (χ2v) is 4.56. The van der Waals surface area contributed by atoms with Crippen LogP contribution in [0, 0.1) is 11.3 Å². The molecule has 0 spiro atoms. The van der Waals surface area contributed by atoms with Gasteiger partial charge in [0.15, 0.2) is 6.61 Å². The van der Waals surface area contributed by atoms with Crippen LogP contribution in [0.5, 0.6) is 6.01 Å². The highest BCUT2D eigenvalue weighted by molar-refractivity contribution is 5.39. The molecule has 1 aromatic heterocycles. The van der Waals surface area contributed by atoms with Gasteiger partial charge in [0, 0.05) is 6.54 Å². The Morgan fingerprint density at radius 3 is 2.33 bits per heavy atom. The average Bonchev–Trinajstić information content (AvgIpc) is 2.35. The van der Waals surface area contributed by atoms with E-state index in [4.69, 9.17) is 5.26 Å². The molecule has 0 atom stereocenters. The lowest BCUT2D eigenvalue weighted by Gasteiger charge is -2.18. The van der Waals surface area contributed by atoms with Crippen LogP contribution in [0.25, 0.3) is 0 Å². The topological polar surface area (TPSA) is 95.8 Å². The lowest BCUT2D eigenvalue weighted by atomic mass is 10.1. The molecular weight excluding hydrogens is 289 g/mol. The second kappa shape index (κ2) is 6.43. The monoisotopic (exact) mass is 304 g/mol. The molecule has 116 valence electrons. The second-order valence-electron chi connectivity index (χ2n) is 4.56. The number of aromatic nitrogens is 3. The Balaban J connectivity index is 2.98. The van der Waals surface area contributed by atoms with Crippen molar-refractivity contribution >= 4 is 11.9 Å². The number of nitrogens with one attached hydrogen (secondary N) is 2. The summed E-state index contributed by atoms with van der Waals surface area (Å²) in [5.41, 5.74) is -0.994. The van der Waals surface area contributed by atoms with E-state index in [0.29, 0.717) is 6.54 Å². The smallest absolute Gasteiger partial charge is 0.422 e. The molecule has 0 aliphatic rings. The lowest BCUT2D eigenvalue weighted by molar-refractivity contribution is -0.154. The van der Waals surface area contributed by atoms with Gasteiger partial charge in [0.25, 0.3) is 0 Å². The van der Waals surface area contributed by atoms with Crippen LogP contribution >= 0.6 is 0 Å². The molecule has 0 bridgehead atoms. The van der Waals surface area contributed by atoms with Gasteiger partial charge < -0.3 is 15.4 Å². The number of halogens is 3. The molecule has 0 fully saturated rings. The number of hydrogen-bond acceptors (Lipinski definition) is 7. The van der Waals surface area contributed by atoms with Crippen molar-refractivity contribution in [3.05, 3.63) is 0 Å². The molecule has 1 aromatic rings. The van der Waals surface area contributed by atoms with Crippen molar-refractivity contribution in [1.82, 2.24) is 15.0 Å². The van der Waals surface area contributed by atoms with E-state index in [1.807, 2.05) is 6.07 Å². The molecule has 1 rings (SSSR count). The standard InChI is InChI=1S/C11H15F3N6O/c1-4-16-7-17-8(20-10(2,3)5-15)19-9(18-7)21-6-11(12,13)14/h4,6H2,1-3H3,(H2,16,17,18,19,20). The summed E-state index contributed by atoms with van der Waals surface area (Å²) in [5.74, 6) is 0.00517. The zero-order chi connectivity index (χ0) is 16.1. The van der Waals surface area contributed by atoms with Gasteiger partial charge in [-0.05, 0) is 20.8 Å². The van der Waals surface area contributed by atoms with E-state index in [1.165, 1.54) is 0 Å². The predicted octanol–water partition coefficient (Wildman–Crippen LogP) is 1.96. The summed E-state index contributed by atoms with van der Waals surface area (Å²) in [7, 11) is 0. The van der Waals surface area contributed by atoms with E-state index in [1.54, 1.807) is 20.8 Å². The first-order chi connectivity index (χ1) is 9.65. The zero-order valence-corrected chi connectivity index (χ0v) is 11.7. The Morgan fingerprint density at radius 1 is 1.19 bits per heavy atom. The van der Waals surface area contributed by atoms with Crippen LogP contribution in [-0.4, -0.2) is 39.8 Å². The number of nitrogens with zero attached hydrogens (tertiary/aromatic N) is 4. The normalized spacial score (nSPS) is 11.7. The van der Waals surface area contributed by atoms with E-state index in [0.717, 1.165) is 0 Å². The van der Waals surface area contributed by atoms with Crippen molar-refractivity contribution in [2.24, 2.45) is 0 Å². The van der Waals surface area contributed by atoms with Crippen LogP contribution in [0.1, 0.15) is 20.8 Å². The van der Waals surface area contributed by atoms with Gasteiger partial charge in [0.2, 0.25) is 11.9 Å². The minimum atomic E-state index is -4.50. The average molecular weight is 304 g/mol. The van der Waals surface area contributed by atoms with Gasteiger partial charge in [-0.1, -0.05) is 0 Å². The molecule has 2 N–H and O–H groups in total. The Kier molecular flexibility index (Phi) is 5.12. The number of alkyl halides is 3. The first-order valence-electron chi connectivity index (χ1n) is 6.04. The number of hydrogen-bond donors (Lipinski definition) is 2. The highest BCUT2D eigenvalue weighted by atomic mass is 19.4. The van der Waals surface area contributed by atoms with Crippen molar-refractivity contribution in [2.45, 2.75) is 32.5 Å². The van der Waals surface area contributed by atoms with Crippen molar-refractivity contribution in [1.29, 1.82) is 5.26 Å². The van der Waals surface area contributed by atoms with Gasteiger partial charge in [-0.3, -0.25) is 0 Å². The molecule has 0 amide bonds. The third kappa shape index (κ3) is 6.11. The summed E-state index contributed by atoms with van der Waals surface area (Å²) in [5, 5.41) is 14.4. The fourth-order valence-electron chi connectivity index (χ4n) is 1.17. The number of anilines is 2. The van der Waals surface area contributed by atoms with Gasteiger partial charge in [0.05, 0.1) is 6.07 Å². The summed E-state index contributed by atoms with van der Waals surface area (Å²) in [4.78, 5) is 11.4. The van der Waals surface area contributed by atoms with Crippen molar-refractivity contribution in [2.75, 3.05) is 23.8 Å². The van der Waals surface area contributed by atoms with Crippen molar-refractivity contribution in [3.63, 3.8) is 0 Å². The molecule has 0 aromatic carbocycles. The maximum Gasteiger partial charge on any atom is 0.422 e. The van der Waals surface area contributed by atoms with Crippen LogP contribution in [0.3, 0.4) is 0 Å². The fraction of sp³-hybridized carbons (Fsp3) is 0.636. The third-order valence-electron chi connectivity index (χ3n) is 2.02. The molecule has 1 heterocycles. The van der Waals surface area contributed by atoms with Gasteiger partial charge >= 0.3 is 12.2 Å². The summed E-state index contributed by atoms with van der Waals surface area (Å²) in [6, 6.07) is 1.49. The van der Waals surface area contributed by atoms with E-state index in [9.17, 15) is 13.2 Å². The van der Waals surface area contributed by atoms with E-state index in [-0.39, 0.29) is 11.9 Å².